The number of aromatic nitrogens is 1. The molecule has 1 aromatic rings. The number of carbonyl (C=O) groups is 2. The summed E-state index contributed by atoms with van der Waals surface area (Å²) in [5, 5.41) is 3.08. The molecule has 2 amide bonds. The third-order valence-corrected chi connectivity index (χ3v) is 2.80. The number of hydrogen-bond donors (Lipinski definition) is 1. The molecule has 0 atom stereocenters. The fourth-order valence-corrected chi connectivity index (χ4v) is 1.77. The van der Waals surface area contributed by atoms with Gasteiger partial charge in [-0.15, -0.1) is 0 Å². The number of nitrogens with zero attached hydrogens (tertiary/aromatic N) is 2. The first-order chi connectivity index (χ1) is 8.16. The van der Waals surface area contributed by atoms with E-state index in [4.69, 9.17) is 11.6 Å². The van der Waals surface area contributed by atoms with E-state index < -0.39 is 0 Å². The van der Waals surface area contributed by atoms with Crippen LogP contribution in [-0.2, 0) is 4.79 Å². The number of nitrogens with one attached hydrogen (secondary N) is 1. The second-order valence-electron chi connectivity index (χ2n) is 3.76. The zero-order chi connectivity index (χ0) is 12.3. The van der Waals surface area contributed by atoms with Crippen molar-refractivity contribution in [2.45, 2.75) is 6.42 Å². The first kappa shape index (κ1) is 11.9. The maximum absolute atomic E-state index is 12.1. The summed E-state index contributed by atoms with van der Waals surface area (Å²) in [6.07, 6.45) is 1.79. The molecule has 6 heteroatoms. The van der Waals surface area contributed by atoms with Crippen molar-refractivity contribution in [2.24, 2.45) is 0 Å². The summed E-state index contributed by atoms with van der Waals surface area (Å²) in [7, 11) is 0. The molecule has 0 saturated carbocycles. The maximum atomic E-state index is 12.1. The van der Waals surface area contributed by atoms with Gasteiger partial charge in [-0.2, -0.15) is 0 Å². The van der Waals surface area contributed by atoms with Crippen molar-refractivity contribution in [3.8, 4) is 0 Å². The van der Waals surface area contributed by atoms with Crippen LogP contribution in [0.15, 0.2) is 18.3 Å². The molecule has 1 saturated heterocycles. The van der Waals surface area contributed by atoms with E-state index in [1.54, 1.807) is 17.0 Å². The molecule has 0 aromatic carbocycles. The zero-order valence-electron chi connectivity index (χ0n) is 9.15. The second kappa shape index (κ2) is 5.14. The van der Waals surface area contributed by atoms with Gasteiger partial charge in [-0.1, -0.05) is 11.6 Å². The molecular weight excluding hydrogens is 242 g/mol. The summed E-state index contributed by atoms with van der Waals surface area (Å²) < 4.78 is 0. The third-order valence-electron chi connectivity index (χ3n) is 2.57. The minimum absolute atomic E-state index is 0.0190. The second-order valence-corrected chi connectivity index (χ2v) is 4.15. The predicted octanol–water partition coefficient (Wildman–Crippen LogP) is 0.697. The van der Waals surface area contributed by atoms with Gasteiger partial charge in [0, 0.05) is 32.3 Å². The number of carbonyl (C=O) groups excluding carboxylic acids is 2. The monoisotopic (exact) mass is 253 g/mol. The van der Waals surface area contributed by atoms with Crippen molar-refractivity contribution in [1.82, 2.24) is 15.2 Å². The molecule has 2 heterocycles. The molecule has 5 nitrogen and oxygen atoms in total. The summed E-state index contributed by atoms with van der Waals surface area (Å²) in [5.74, 6) is -0.139. The van der Waals surface area contributed by atoms with Gasteiger partial charge in [0.15, 0.2) is 0 Å². The lowest BCUT2D eigenvalue weighted by Crippen LogP contribution is -2.34. The fourth-order valence-electron chi connectivity index (χ4n) is 1.65. The summed E-state index contributed by atoms with van der Waals surface area (Å²) in [6, 6.07) is 3.22. The Morgan fingerprint density at radius 2 is 2.24 bits per heavy atom. The smallest absolute Gasteiger partial charge is 0.255 e. The zero-order valence-corrected chi connectivity index (χ0v) is 9.91. The Labute approximate surface area is 104 Å². The lowest BCUT2D eigenvalue weighted by molar-refractivity contribution is -0.120. The Morgan fingerprint density at radius 1 is 1.41 bits per heavy atom. The van der Waals surface area contributed by atoms with Gasteiger partial charge in [-0.05, 0) is 12.1 Å². The Kier molecular flexibility index (Phi) is 3.58. The van der Waals surface area contributed by atoms with Crippen LogP contribution in [0.3, 0.4) is 0 Å². The highest BCUT2D eigenvalue weighted by molar-refractivity contribution is 6.29. The highest BCUT2D eigenvalue weighted by atomic mass is 35.5. The lowest BCUT2D eigenvalue weighted by Gasteiger charge is -2.19. The van der Waals surface area contributed by atoms with Crippen molar-refractivity contribution >= 4 is 23.4 Å². The summed E-state index contributed by atoms with van der Waals surface area (Å²) >= 11 is 5.66. The Hall–Kier alpha value is -1.62. The standard InChI is InChI=1S/C11H12ClN3O2/c12-9-2-1-8(7-14-9)11(17)15-5-3-10(16)13-4-6-15/h1-2,7H,3-6H2,(H,13,16). The number of pyridine rings is 1. The van der Waals surface area contributed by atoms with Crippen molar-refractivity contribution < 1.29 is 9.59 Å². The molecule has 0 spiro atoms. The van der Waals surface area contributed by atoms with Gasteiger partial charge in [0.25, 0.3) is 5.91 Å². The van der Waals surface area contributed by atoms with Crippen LogP contribution in [-0.4, -0.2) is 41.3 Å². The average molecular weight is 254 g/mol. The van der Waals surface area contributed by atoms with E-state index in [0.29, 0.717) is 36.8 Å². The molecule has 0 bridgehead atoms. The number of halogens is 1. The third kappa shape index (κ3) is 2.94. The lowest BCUT2D eigenvalue weighted by atomic mass is 10.2. The molecular formula is C11H12ClN3O2. The fraction of sp³-hybridized carbons (Fsp3) is 0.364. The van der Waals surface area contributed by atoms with Gasteiger partial charge in [-0.3, -0.25) is 9.59 Å². The van der Waals surface area contributed by atoms with Crippen LogP contribution >= 0.6 is 11.6 Å². The van der Waals surface area contributed by atoms with E-state index in [9.17, 15) is 9.59 Å². The van der Waals surface area contributed by atoms with Gasteiger partial charge < -0.3 is 10.2 Å². The molecule has 0 unspecified atom stereocenters. The van der Waals surface area contributed by atoms with Crippen LogP contribution in [0, 0.1) is 0 Å². The highest BCUT2D eigenvalue weighted by Crippen LogP contribution is 2.09. The first-order valence-electron chi connectivity index (χ1n) is 5.34. The normalized spacial score (nSPS) is 16.3. The van der Waals surface area contributed by atoms with Crippen LogP contribution in [0.5, 0.6) is 0 Å². The highest BCUT2D eigenvalue weighted by Gasteiger charge is 2.19. The summed E-state index contributed by atoms with van der Waals surface area (Å²) in [4.78, 5) is 28.7. The predicted molar refractivity (Wildman–Crippen MR) is 62.8 cm³/mol. The van der Waals surface area contributed by atoms with Crippen LogP contribution < -0.4 is 5.32 Å². The van der Waals surface area contributed by atoms with E-state index >= 15 is 0 Å². The number of amides is 2. The minimum atomic E-state index is -0.120. The van der Waals surface area contributed by atoms with E-state index in [1.165, 1.54) is 6.20 Å². The summed E-state index contributed by atoms with van der Waals surface area (Å²) in [6.45, 7) is 1.45. The van der Waals surface area contributed by atoms with Crippen molar-refractivity contribution in [3.63, 3.8) is 0 Å². The number of rotatable bonds is 1. The van der Waals surface area contributed by atoms with E-state index in [1.807, 2.05) is 0 Å². The molecule has 1 aliphatic rings. The quantitative estimate of drug-likeness (QED) is 0.750. The molecule has 90 valence electrons. The van der Waals surface area contributed by atoms with Crippen molar-refractivity contribution in [3.05, 3.63) is 29.0 Å². The molecule has 1 fully saturated rings. The Morgan fingerprint density at radius 3 is 2.94 bits per heavy atom. The Balaban J connectivity index is 2.08. The number of hydrogen-bond acceptors (Lipinski definition) is 3. The largest absolute Gasteiger partial charge is 0.354 e. The minimum Gasteiger partial charge on any atom is -0.354 e. The molecule has 2 rings (SSSR count). The van der Waals surface area contributed by atoms with Crippen LogP contribution in [0.1, 0.15) is 16.8 Å². The molecule has 1 aliphatic heterocycles. The maximum Gasteiger partial charge on any atom is 0.255 e. The summed E-state index contributed by atoms with van der Waals surface area (Å²) in [5.41, 5.74) is 0.490. The van der Waals surface area contributed by atoms with E-state index in [0.717, 1.165) is 0 Å². The van der Waals surface area contributed by atoms with E-state index in [-0.39, 0.29) is 11.8 Å². The molecule has 1 aromatic heterocycles. The molecule has 0 aliphatic carbocycles. The first-order valence-corrected chi connectivity index (χ1v) is 5.72. The molecule has 0 radical (unpaired) electrons. The SMILES string of the molecule is O=C1CCN(C(=O)c2ccc(Cl)nc2)CCN1. The van der Waals surface area contributed by atoms with Gasteiger partial charge >= 0.3 is 0 Å². The van der Waals surface area contributed by atoms with Crippen molar-refractivity contribution in [2.75, 3.05) is 19.6 Å². The van der Waals surface area contributed by atoms with Gasteiger partial charge in [0.2, 0.25) is 5.91 Å². The van der Waals surface area contributed by atoms with Gasteiger partial charge in [0.05, 0.1) is 5.56 Å². The van der Waals surface area contributed by atoms with Crippen molar-refractivity contribution in [1.29, 1.82) is 0 Å². The van der Waals surface area contributed by atoms with E-state index in [2.05, 4.69) is 10.3 Å². The molecule has 1 N–H and O–H groups in total. The van der Waals surface area contributed by atoms with Crippen LogP contribution in [0.4, 0.5) is 0 Å². The Bertz CT molecular complexity index is 433. The van der Waals surface area contributed by atoms with Crippen LogP contribution in [0.2, 0.25) is 5.15 Å². The van der Waals surface area contributed by atoms with Gasteiger partial charge in [-0.25, -0.2) is 4.98 Å². The topological polar surface area (TPSA) is 62.3 Å². The molecule has 17 heavy (non-hydrogen) atoms. The van der Waals surface area contributed by atoms with Gasteiger partial charge in [0.1, 0.15) is 5.15 Å². The average Bonchev–Trinajstić information content (AvgIpc) is 2.54. The van der Waals surface area contributed by atoms with Crippen LogP contribution in [0.25, 0.3) is 0 Å².